The zero-order chi connectivity index (χ0) is 38.2. The molecule has 1 nitrogen and oxygen atoms in total. The second-order valence-corrected chi connectivity index (χ2v) is 18.0. The molecule has 0 saturated heterocycles. The first-order valence-corrected chi connectivity index (χ1v) is 22.0. The van der Waals surface area contributed by atoms with Gasteiger partial charge >= 0.3 is 0 Å². The SMILES string of the molecule is c1ccc(-c2cc(-c3ccccc3)c3c(c2)sc2ccc(N(c4cccc5sc6ccccc6c45)c4ccc(-c5ccccc5)c5sc6ccccc6c45)cc23)cc1. The van der Waals surface area contributed by atoms with E-state index in [1.54, 1.807) is 0 Å². The van der Waals surface area contributed by atoms with Crippen LogP contribution in [-0.2, 0) is 0 Å². The van der Waals surface area contributed by atoms with Gasteiger partial charge in [-0.25, -0.2) is 0 Å². The maximum atomic E-state index is 2.56. The molecule has 12 rings (SSSR count). The van der Waals surface area contributed by atoms with Gasteiger partial charge in [0, 0.05) is 66.2 Å². The molecule has 0 radical (unpaired) electrons. The predicted molar refractivity (Wildman–Crippen MR) is 256 cm³/mol. The molecule has 0 amide bonds. The largest absolute Gasteiger partial charge is 0.309 e. The van der Waals surface area contributed by atoms with Crippen molar-refractivity contribution in [3.8, 4) is 33.4 Å². The first-order valence-electron chi connectivity index (χ1n) is 19.6. The van der Waals surface area contributed by atoms with Gasteiger partial charge < -0.3 is 4.90 Å². The zero-order valence-corrected chi connectivity index (χ0v) is 33.7. The molecular formula is C54H33NS3. The molecule has 0 atom stereocenters. The molecule has 4 heteroatoms. The van der Waals surface area contributed by atoms with E-state index in [4.69, 9.17) is 0 Å². The molecule has 0 aliphatic rings. The number of rotatable bonds is 6. The fourth-order valence-electron chi connectivity index (χ4n) is 8.87. The summed E-state index contributed by atoms with van der Waals surface area (Å²) < 4.78 is 7.77. The fraction of sp³-hybridized carbons (Fsp3) is 0. The molecule has 0 aliphatic carbocycles. The van der Waals surface area contributed by atoms with Crippen molar-refractivity contribution in [1.29, 1.82) is 0 Å². The van der Waals surface area contributed by atoms with Gasteiger partial charge in [0.25, 0.3) is 0 Å². The Balaban J connectivity index is 1.18. The van der Waals surface area contributed by atoms with Crippen molar-refractivity contribution in [2.75, 3.05) is 4.90 Å². The molecule has 12 aromatic rings. The van der Waals surface area contributed by atoms with E-state index in [0.29, 0.717) is 0 Å². The highest BCUT2D eigenvalue weighted by molar-refractivity contribution is 7.27. The number of anilines is 3. The molecule has 0 unspecified atom stereocenters. The van der Waals surface area contributed by atoms with Crippen LogP contribution >= 0.6 is 34.0 Å². The minimum atomic E-state index is 1.14. The van der Waals surface area contributed by atoms with Crippen LogP contribution < -0.4 is 4.90 Å². The van der Waals surface area contributed by atoms with Gasteiger partial charge in [-0.3, -0.25) is 0 Å². The molecule has 272 valence electrons. The van der Waals surface area contributed by atoms with Gasteiger partial charge in [-0.15, -0.1) is 34.0 Å². The minimum Gasteiger partial charge on any atom is -0.309 e. The second kappa shape index (κ2) is 13.5. The van der Waals surface area contributed by atoms with E-state index in [1.165, 1.54) is 105 Å². The number of fused-ring (bicyclic) bond motifs is 9. The Hall–Kier alpha value is -6.56. The Labute approximate surface area is 347 Å². The van der Waals surface area contributed by atoms with Gasteiger partial charge in [0.15, 0.2) is 0 Å². The van der Waals surface area contributed by atoms with Crippen LogP contribution in [0.1, 0.15) is 0 Å². The summed E-state index contributed by atoms with van der Waals surface area (Å²) in [5, 5.41) is 7.72. The van der Waals surface area contributed by atoms with E-state index in [2.05, 4.69) is 205 Å². The normalized spacial score (nSPS) is 11.8. The monoisotopic (exact) mass is 791 g/mol. The summed E-state index contributed by atoms with van der Waals surface area (Å²) in [4.78, 5) is 2.56. The fourth-order valence-corrected chi connectivity index (χ4v) is 12.4. The van der Waals surface area contributed by atoms with Crippen molar-refractivity contribution in [2.24, 2.45) is 0 Å². The molecule has 0 aliphatic heterocycles. The van der Waals surface area contributed by atoms with Crippen molar-refractivity contribution in [1.82, 2.24) is 0 Å². The van der Waals surface area contributed by atoms with E-state index in [9.17, 15) is 0 Å². The Bertz CT molecular complexity index is 3500. The van der Waals surface area contributed by atoms with Gasteiger partial charge in [0.1, 0.15) is 0 Å². The van der Waals surface area contributed by atoms with Gasteiger partial charge in [-0.05, 0) is 94.0 Å². The van der Waals surface area contributed by atoms with Crippen molar-refractivity contribution in [3.63, 3.8) is 0 Å². The molecule has 0 N–H and O–H groups in total. The molecule has 0 saturated carbocycles. The lowest BCUT2D eigenvalue weighted by Gasteiger charge is -2.28. The van der Waals surface area contributed by atoms with Crippen LogP contribution in [0.15, 0.2) is 200 Å². The molecule has 3 heterocycles. The minimum absolute atomic E-state index is 1.14. The third-order valence-corrected chi connectivity index (χ3v) is 14.9. The number of thiophene rings is 3. The van der Waals surface area contributed by atoms with Gasteiger partial charge in [0.05, 0.1) is 11.4 Å². The number of hydrogen-bond donors (Lipinski definition) is 0. The molecule has 58 heavy (non-hydrogen) atoms. The Morgan fingerprint density at radius 2 is 0.862 bits per heavy atom. The Morgan fingerprint density at radius 1 is 0.293 bits per heavy atom. The van der Waals surface area contributed by atoms with Crippen LogP contribution in [0.2, 0.25) is 0 Å². The highest BCUT2D eigenvalue weighted by atomic mass is 32.1. The van der Waals surface area contributed by atoms with Crippen molar-refractivity contribution in [2.45, 2.75) is 0 Å². The van der Waals surface area contributed by atoms with Gasteiger partial charge in [-0.2, -0.15) is 0 Å². The first kappa shape index (κ1) is 33.6. The average Bonchev–Trinajstić information content (AvgIpc) is 3.99. The number of nitrogens with zero attached hydrogens (tertiary/aromatic N) is 1. The molecule has 0 fully saturated rings. The smallest absolute Gasteiger partial charge is 0.0555 e. The van der Waals surface area contributed by atoms with Crippen LogP contribution in [0, 0.1) is 0 Å². The highest BCUT2D eigenvalue weighted by Crippen LogP contribution is 2.52. The first-order chi connectivity index (χ1) is 28.8. The standard InChI is InChI=1S/C54H33NS3/c1-4-15-34(16-5-1)37-31-42(36-19-8-3-9-20-36)51-43-33-38(27-30-48(43)57-50(51)32-37)55(44-23-14-26-49-52(44)40-21-10-12-24-46(40)56-49)45-29-28-39(35-17-6-2-7-18-35)54-53(45)41-22-11-13-25-47(41)58-54/h1-33H. The summed E-state index contributed by atoms with van der Waals surface area (Å²) >= 11 is 5.66. The molecule has 0 bridgehead atoms. The quantitative estimate of drug-likeness (QED) is 0.162. The van der Waals surface area contributed by atoms with E-state index in [0.717, 1.165) is 5.69 Å². The van der Waals surface area contributed by atoms with Crippen molar-refractivity contribution < 1.29 is 0 Å². The lowest BCUT2D eigenvalue weighted by molar-refractivity contribution is 1.33. The van der Waals surface area contributed by atoms with Gasteiger partial charge in [0.2, 0.25) is 0 Å². The van der Waals surface area contributed by atoms with Crippen LogP contribution in [-0.4, -0.2) is 0 Å². The average molecular weight is 792 g/mol. The van der Waals surface area contributed by atoms with Crippen LogP contribution in [0.4, 0.5) is 17.1 Å². The van der Waals surface area contributed by atoms with E-state index in [1.807, 2.05) is 34.0 Å². The van der Waals surface area contributed by atoms with E-state index >= 15 is 0 Å². The molecule has 9 aromatic carbocycles. The number of benzene rings is 9. The third-order valence-electron chi connectivity index (χ3n) is 11.5. The maximum absolute atomic E-state index is 2.56. The molecule has 0 spiro atoms. The summed E-state index contributed by atoms with van der Waals surface area (Å²) in [7, 11) is 0. The Morgan fingerprint density at radius 3 is 1.60 bits per heavy atom. The lowest BCUT2D eigenvalue weighted by Crippen LogP contribution is -2.11. The topological polar surface area (TPSA) is 3.24 Å². The molecular weight excluding hydrogens is 759 g/mol. The van der Waals surface area contributed by atoms with Crippen molar-refractivity contribution in [3.05, 3.63) is 200 Å². The predicted octanol–water partition coefficient (Wildman–Crippen LogP) is 17.3. The summed E-state index contributed by atoms with van der Waals surface area (Å²) in [6, 6.07) is 73.8. The van der Waals surface area contributed by atoms with E-state index in [-0.39, 0.29) is 0 Å². The van der Waals surface area contributed by atoms with Gasteiger partial charge in [-0.1, -0.05) is 140 Å². The summed E-state index contributed by atoms with van der Waals surface area (Å²) in [5.41, 5.74) is 11.0. The second-order valence-electron chi connectivity index (χ2n) is 14.8. The van der Waals surface area contributed by atoms with Crippen LogP contribution in [0.5, 0.6) is 0 Å². The van der Waals surface area contributed by atoms with Crippen LogP contribution in [0.3, 0.4) is 0 Å². The molecule has 3 aromatic heterocycles. The third kappa shape index (κ3) is 5.34. The Kier molecular flexibility index (Phi) is 7.83. The van der Waals surface area contributed by atoms with Crippen molar-refractivity contribution >= 4 is 112 Å². The highest BCUT2D eigenvalue weighted by Gasteiger charge is 2.25. The maximum Gasteiger partial charge on any atom is 0.0555 e. The van der Waals surface area contributed by atoms with Crippen LogP contribution in [0.25, 0.3) is 93.9 Å². The summed E-state index contributed by atoms with van der Waals surface area (Å²) in [6.45, 7) is 0. The lowest BCUT2D eigenvalue weighted by atomic mass is 9.94. The van der Waals surface area contributed by atoms with E-state index < -0.39 is 0 Å². The summed E-state index contributed by atoms with van der Waals surface area (Å²) in [6.07, 6.45) is 0. The number of hydrogen-bond acceptors (Lipinski definition) is 4. The summed E-state index contributed by atoms with van der Waals surface area (Å²) in [5.74, 6) is 0. The zero-order valence-electron chi connectivity index (χ0n) is 31.2.